The van der Waals surface area contributed by atoms with Crippen LogP contribution in [-0.2, 0) is 4.79 Å². The highest BCUT2D eigenvalue weighted by Crippen LogP contribution is 2.29. The van der Waals surface area contributed by atoms with E-state index in [1.165, 1.54) is 0 Å². The van der Waals surface area contributed by atoms with Gasteiger partial charge in [-0.1, -0.05) is 18.2 Å². The van der Waals surface area contributed by atoms with Gasteiger partial charge in [-0.15, -0.1) is 11.8 Å². The van der Waals surface area contributed by atoms with Crippen LogP contribution >= 0.6 is 11.8 Å². The van der Waals surface area contributed by atoms with Crippen LogP contribution in [0.2, 0.25) is 0 Å². The van der Waals surface area contributed by atoms with Gasteiger partial charge in [0.1, 0.15) is 0 Å². The van der Waals surface area contributed by atoms with Crippen LogP contribution in [0.25, 0.3) is 0 Å². The molecule has 2 rings (SSSR count). The maximum absolute atomic E-state index is 11.5. The number of hydrogen-bond acceptors (Lipinski definition) is 3. The van der Waals surface area contributed by atoms with Crippen molar-refractivity contribution in [2.75, 3.05) is 6.61 Å². The molecular formula is C11H13NO2S. The Balaban J connectivity index is 1.99. The van der Waals surface area contributed by atoms with Crippen molar-refractivity contribution in [3.8, 4) is 0 Å². The van der Waals surface area contributed by atoms with Crippen molar-refractivity contribution in [1.82, 2.24) is 5.32 Å². The maximum Gasteiger partial charge on any atom is 0.233 e. The van der Waals surface area contributed by atoms with Crippen LogP contribution in [0.5, 0.6) is 0 Å². The molecule has 0 aliphatic carbocycles. The Kier molecular flexibility index (Phi) is 3.28. The van der Waals surface area contributed by atoms with E-state index >= 15 is 0 Å². The quantitative estimate of drug-likeness (QED) is 0.804. The number of thioether (sulfide) groups is 1. The minimum absolute atomic E-state index is 0.0254. The van der Waals surface area contributed by atoms with Gasteiger partial charge in [-0.3, -0.25) is 4.79 Å². The molecule has 1 aliphatic rings. The molecule has 1 aromatic rings. The summed E-state index contributed by atoms with van der Waals surface area (Å²) < 4.78 is 0. The highest BCUT2D eigenvalue weighted by molar-refractivity contribution is 8.00. The number of amides is 1. The van der Waals surface area contributed by atoms with Crippen molar-refractivity contribution >= 4 is 17.7 Å². The number of carbonyl (C=O) groups is 1. The van der Waals surface area contributed by atoms with Crippen molar-refractivity contribution in [3.63, 3.8) is 0 Å². The van der Waals surface area contributed by atoms with E-state index in [4.69, 9.17) is 5.11 Å². The highest BCUT2D eigenvalue weighted by atomic mass is 32.2. The summed E-state index contributed by atoms with van der Waals surface area (Å²) in [6, 6.07) is 9.78. The van der Waals surface area contributed by atoms with Gasteiger partial charge in [0.05, 0.1) is 17.9 Å². The lowest BCUT2D eigenvalue weighted by molar-refractivity contribution is -0.119. The van der Waals surface area contributed by atoms with Gasteiger partial charge in [0.2, 0.25) is 5.91 Å². The zero-order chi connectivity index (χ0) is 10.7. The lowest BCUT2D eigenvalue weighted by atomic mass is 10.2. The summed E-state index contributed by atoms with van der Waals surface area (Å²) in [5, 5.41) is 11.6. The van der Waals surface area contributed by atoms with Crippen LogP contribution in [0.3, 0.4) is 0 Å². The van der Waals surface area contributed by atoms with Gasteiger partial charge in [-0.05, 0) is 18.6 Å². The molecule has 15 heavy (non-hydrogen) atoms. The SMILES string of the molecule is O=C1N[C@H](CO)C[C@H]1Sc1ccccc1. The molecule has 3 nitrogen and oxygen atoms in total. The molecule has 0 radical (unpaired) electrons. The largest absolute Gasteiger partial charge is 0.394 e. The van der Waals surface area contributed by atoms with E-state index in [1.54, 1.807) is 11.8 Å². The van der Waals surface area contributed by atoms with Gasteiger partial charge >= 0.3 is 0 Å². The van der Waals surface area contributed by atoms with E-state index < -0.39 is 0 Å². The third-order valence-corrected chi connectivity index (χ3v) is 3.61. The number of hydrogen-bond donors (Lipinski definition) is 2. The van der Waals surface area contributed by atoms with Gasteiger partial charge < -0.3 is 10.4 Å². The number of benzene rings is 1. The van der Waals surface area contributed by atoms with Gasteiger partial charge in [-0.25, -0.2) is 0 Å². The molecule has 2 atom stereocenters. The predicted molar refractivity (Wildman–Crippen MR) is 59.7 cm³/mol. The van der Waals surface area contributed by atoms with E-state index in [2.05, 4.69) is 5.32 Å². The second-order valence-corrected chi connectivity index (χ2v) is 4.82. The number of nitrogens with one attached hydrogen (secondary N) is 1. The first-order valence-corrected chi connectivity index (χ1v) is 5.80. The minimum atomic E-state index is -0.0706. The Morgan fingerprint density at radius 1 is 1.40 bits per heavy atom. The second kappa shape index (κ2) is 4.68. The Hall–Kier alpha value is -1.00. The number of rotatable bonds is 3. The fraction of sp³-hybridized carbons (Fsp3) is 0.364. The Bertz CT molecular complexity index is 342. The predicted octanol–water partition coefficient (Wildman–Crippen LogP) is 1.03. The normalized spacial score (nSPS) is 25.3. The van der Waals surface area contributed by atoms with Crippen molar-refractivity contribution in [2.24, 2.45) is 0 Å². The molecule has 1 aliphatic heterocycles. The van der Waals surface area contributed by atoms with Gasteiger partial charge in [0.25, 0.3) is 0 Å². The van der Waals surface area contributed by atoms with Crippen LogP contribution in [0, 0.1) is 0 Å². The molecule has 1 heterocycles. The molecule has 0 unspecified atom stereocenters. The van der Waals surface area contributed by atoms with E-state index in [0.717, 1.165) is 4.90 Å². The number of carbonyl (C=O) groups excluding carboxylic acids is 1. The molecule has 80 valence electrons. The summed E-state index contributed by atoms with van der Waals surface area (Å²) in [5.74, 6) is 0.0305. The van der Waals surface area contributed by atoms with Crippen molar-refractivity contribution < 1.29 is 9.90 Å². The topological polar surface area (TPSA) is 49.3 Å². The number of aliphatic hydroxyl groups is 1. The molecule has 0 saturated carbocycles. The molecule has 0 bridgehead atoms. The van der Waals surface area contributed by atoms with Crippen LogP contribution in [0.1, 0.15) is 6.42 Å². The third-order valence-electron chi connectivity index (χ3n) is 2.38. The number of aliphatic hydroxyl groups excluding tert-OH is 1. The zero-order valence-corrected chi connectivity index (χ0v) is 9.04. The second-order valence-electron chi connectivity index (χ2n) is 3.54. The minimum Gasteiger partial charge on any atom is -0.394 e. The highest BCUT2D eigenvalue weighted by Gasteiger charge is 2.31. The fourth-order valence-corrected chi connectivity index (χ4v) is 2.75. The van der Waals surface area contributed by atoms with Crippen molar-refractivity contribution in [1.29, 1.82) is 0 Å². The lowest BCUT2D eigenvalue weighted by Crippen LogP contribution is -2.29. The summed E-state index contributed by atoms with van der Waals surface area (Å²) in [6.45, 7) is 0.0254. The Morgan fingerprint density at radius 2 is 2.13 bits per heavy atom. The van der Waals surface area contributed by atoms with Crippen LogP contribution in [0.4, 0.5) is 0 Å². The van der Waals surface area contributed by atoms with Crippen LogP contribution < -0.4 is 5.32 Å². The molecule has 1 aromatic carbocycles. The van der Waals surface area contributed by atoms with Crippen LogP contribution in [-0.4, -0.2) is 28.9 Å². The molecular weight excluding hydrogens is 210 g/mol. The summed E-state index contributed by atoms with van der Waals surface area (Å²) in [5.41, 5.74) is 0. The monoisotopic (exact) mass is 223 g/mol. The molecule has 1 amide bonds. The fourth-order valence-electron chi connectivity index (χ4n) is 1.60. The first kappa shape index (κ1) is 10.5. The van der Waals surface area contributed by atoms with Crippen molar-refractivity contribution in [3.05, 3.63) is 30.3 Å². The zero-order valence-electron chi connectivity index (χ0n) is 8.22. The molecule has 1 fully saturated rings. The first-order chi connectivity index (χ1) is 7.29. The lowest BCUT2D eigenvalue weighted by Gasteiger charge is -2.06. The summed E-state index contributed by atoms with van der Waals surface area (Å²) in [7, 11) is 0. The molecule has 0 aromatic heterocycles. The smallest absolute Gasteiger partial charge is 0.233 e. The molecule has 4 heteroatoms. The molecule has 2 N–H and O–H groups in total. The maximum atomic E-state index is 11.5. The Morgan fingerprint density at radius 3 is 2.73 bits per heavy atom. The van der Waals surface area contributed by atoms with Gasteiger partial charge in [0, 0.05) is 4.90 Å². The van der Waals surface area contributed by atoms with Gasteiger partial charge in [-0.2, -0.15) is 0 Å². The van der Waals surface area contributed by atoms with Crippen LogP contribution in [0.15, 0.2) is 35.2 Å². The first-order valence-electron chi connectivity index (χ1n) is 4.92. The van der Waals surface area contributed by atoms with E-state index in [9.17, 15) is 4.79 Å². The van der Waals surface area contributed by atoms with E-state index in [-0.39, 0.29) is 23.8 Å². The average molecular weight is 223 g/mol. The van der Waals surface area contributed by atoms with E-state index in [0.29, 0.717) is 6.42 Å². The average Bonchev–Trinajstić information content (AvgIpc) is 2.61. The summed E-state index contributed by atoms with van der Waals surface area (Å²) >= 11 is 1.56. The molecule has 0 spiro atoms. The third kappa shape index (κ3) is 2.52. The van der Waals surface area contributed by atoms with Crippen molar-refractivity contribution in [2.45, 2.75) is 22.6 Å². The molecule has 1 saturated heterocycles. The van der Waals surface area contributed by atoms with Gasteiger partial charge in [0.15, 0.2) is 0 Å². The van der Waals surface area contributed by atoms with E-state index in [1.807, 2.05) is 30.3 Å². The summed E-state index contributed by atoms with van der Waals surface area (Å²) in [6.07, 6.45) is 0.703. The standard InChI is InChI=1S/C11H13NO2S/c13-7-8-6-10(11(14)12-8)15-9-4-2-1-3-5-9/h1-5,8,10,13H,6-7H2,(H,12,14)/t8-,10+/m0/s1. The Labute approximate surface area is 92.9 Å². The summed E-state index contributed by atoms with van der Waals surface area (Å²) in [4.78, 5) is 12.6.